The van der Waals surface area contributed by atoms with Gasteiger partial charge in [0.05, 0.1) is 4.90 Å². The first-order valence-electron chi connectivity index (χ1n) is 9.91. The molecule has 11 heteroatoms. The van der Waals surface area contributed by atoms with Crippen LogP contribution in [0.3, 0.4) is 0 Å². The number of halogens is 1. The zero-order chi connectivity index (χ0) is 22.7. The SMILES string of the molecule is CSc1ccc(S(=O)(=O)N2CCC(C(=O)Nc3nnc(-c4ccc(Br)cc4)o3)CC2)cc1. The molecule has 168 valence electrons. The molecule has 0 aliphatic carbocycles. The van der Waals surface area contributed by atoms with E-state index in [-0.39, 0.29) is 35.8 Å². The van der Waals surface area contributed by atoms with Crippen LogP contribution in [0.2, 0.25) is 0 Å². The molecule has 2 heterocycles. The fourth-order valence-electron chi connectivity index (χ4n) is 3.45. The fourth-order valence-corrected chi connectivity index (χ4v) is 5.59. The van der Waals surface area contributed by atoms with E-state index in [9.17, 15) is 13.2 Å². The maximum Gasteiger partial charge on any atom is 0.322 e. The molecule has 3 aromatic rings. The molecule has 32 heavy (non-hydrogen) atoms. The van der Waals surface area contributed by atoms with Crippen molar-refractivity contribution in [2.45, 2.75) is 22.6 Å². The van der Waals surface area contributed by atoms with Crippen LogP contribution in [0.25, 0.3) is 11.5 Å². The third-order valence-electron chi connectivity index (χ3n) is 5.27. The van der Waals surface area contributed by atoms with Gasteiger partial charge in [0.1, 0.15) is 0 Å². The number of anilines is 1. The Morgan fingerprint density at radius 2 is 1.75 bits per heavy atom. The van der Waals surface area contributed by atoms with Crippen molar-refractivity contribution in [1.82, 2.24) is 14.5 Å². The Morgan fingerprint density at radius 1 is 1.09 bits per heavy atom. The van der Waals surface area contributed by atoms with Crippen molar-refractivity contribution in [3.63, 3.8) is 0 Å². The van der Waals surface area contributed by atoms with Crippen molar-refractivity contribution in [3.8, 4) is 11.5 Å². The number of carbonyl (C=O) groups is 1. The first kappa shape index (κ1) is 23.0. The van der Waals surface area contributed by atoms with Gasteiger partial charge in [-0.1, -0.05) is 21.0 Å². The Labute approximate surface area is 199 Å². The summed E-state index contributed by atoms with van der Waals surface area (Å²) in [6, 6.07) is 14.2. The summed E-state index contributed by atoms with van der Waals surface area (Å²) in [7, 11) is -3.58. The molecule has 8 nitrogen and oxygen atoms in total. The van der Waals surface area contributed by atoms with Gasteiger partial charge >= 0.3 is 6.01 Å². The molecule has 2 aromatic carbocycles. The molecule has 0 spiro atoms. The molecule has 4 rings (SSSR count). The van der Waals surface area contributed by atoms with Gasteiger partial charge in [0.2, 0.25) is 21.8 Å². The first-order chi connectivity index (χ1) is 15.4. The van der Waals surface area contributed by atoms with Crippen molar-refractivity contribution < 1.29 is 17.6 Å². The average molecular weight is 537 g/mol. The number of hydrogen-bond acceptors (Lipinski definition) is 7. The van der Waals surface area contributed by atoms with E-state index in [1.165, 1.54) is 4.31 Å². The maximum atomic E-state index is 12.9. The van der Waals surface area contributed by atoms with Crippen LogP contribution >= 0.6 is 27.7 Å². The molecular weight excluding hydrogens is 516 g/mol. The Balaban J connectivity index is 1.35. The van der Waals surface area contributed by atoms with E-state index in [0.717, 1.165) is 14.9 Å². The number of amides is 1. The number of hydrogen-bond donors (Lipinski definition) is 1. The van der Waals surface area contributed by atoms with Gasteiger partial charge in [-0.2, -0.15) is 4.31 Å². The predicted molar refractivity (Wildman–Crippen MR) is 126 cm³/mol. The van der Waals surface area contributed by atoms with Gasteiger partial charge in [-0.3, -0.25) is 10.1 Å². The summed E-state index contributed by atoms with van der Waals surface area (Å²) in [5.74, 6) is -0.276. The fraction of sp³-hybridized carbons (Fsp3) is 0.286. The third-order valence-corrected chi connectivity index (χ3v) is 8.45. The molecule has 1 N–H and O–H groups in total. The van der Waals surface area contributed by atoms with E-state index in [1.54, 1.807) is 36.0 Å². The van der Waals surface area contributed by atoms with Crippen LogP contribution in [-0.2, 0) is 14.8 Å². The number of rotatable bonds is 6. The van der Waals surface area contributed by atoms with Gasteiger partial charge in [-0.25, -0.2) is 8.42 Å². The standard InChI is InChI=1S/C21H21BrN4O4S2/c1-31-17-6-8-18(9-7-17)32(28,29)26-12-10-14(11-13-26)19(27)23-21-25-24-20(30-21)15-2-4-16(22)5-3-15/h2-9,14H,10-13H2,1H3,(H,23,25,27). The normalized spacial score (nSPS) is 15.6. The Hall–Kier alpha value is -2.21. The lowest BCUT2D eigenvalue weighted by Crippen LogP contribution is -2.41. The van der Waals surface area contributed by atoms with Gasteiger partial charge < -0.3 is 4.42 Å². The number of piperidine rings is 1. The Morgan fingerprint density at radius 3 is 2.38 bits per heavy atom. The molecule has 1 amide bonds. The Bertz CT molecular complexity index is 1190. The summed E-state index contributed by atoms with van der Waals surface area (Å²) in [5, 5.41) is 10.5. The number of thioether (sulfide) groups is 1. The van der Waals surface area contributed by atoms with Gasteiger partial charge in [-0.05, 0) is 67.6 Å². The second-order valence-electron chi connectivity index (χ2n) is 7.26. The number of carbonyl (C=O) groups excluding carboxylic acids is 1. The molecule has 0 saturated carbocycles. The van der Waals surface area contributed by atoms with Crippen LogP contribution in [0.4, 0.5) is 6.01 Å². The number of nitrogens with zero attached hydrogens (tertiary/aromatic N) is 3. The largest absolute Gasteiger partial charge is 0.403 e. The van der Waals surface area contributed by atoms with Crippen LogP contribution in [0, 0.1) is 5.92 Å². The highest BCUT2D eigenvalue weighted by atomic mass is 79.9. The van der Waals surface area contributed by atoms with Crippen molar-refractivity contribution in [3.05, 3.63) is 53.0 Å². The first-order valence-corrected chi connectivity index (χ1v) is 13.4. The second kappa shape index (κ2) is 9.74. The highest BCUT2D eigenvalue weighted by Crippen LogP contribution is 2.27. The highest BCUT2D eigenvalue weighted by Gasteiger charge is 2.32. The number of nitrogens with one attached hydrogen (secondary N) is 1. The molecule has 1 aromatic heterocycles. The molecule has 0 unspecified atom stereocenters. The van der Waals surface area contributed by atoms with Crippen molar-refractivity contribution in [1.29, 1.82) is 0 Å². The summed E-state index contributed by atoms with van der Waals surface area (Å²) in [6.45, 7) is 0.553. The van der Waals surface area contributed by atoms with Crippen LogP contribution < -0.4 is 5.32 Å². The van der Waals surface area contributed by atoms with Crippen molar-refractivity contribution >= 4 is 49.6 Å². The summed E-state index contributed by atoms with van der Waals surface area (Å²) in [4.78, 5) is 13.9. The van der Waals surface area contributed by atoms with E-state index in [1.807, 2.05) is 30.5 Å². The average Bonchev–Trinajstić information content (AvgIpc) is 3.28. The summed E-state index contributed by atoms with van der Waals surface area (Å²) in [5.41, 5.74) is 0.741. The summed E-state index contributed by atoms with van der Waals surface area (Å²) < 4.78 is 33.7. The minimum Gasteiger partial charge on any atom is -0.403 e. The minimum atomic E-state index is -3.58. The monoisotopic (exact) mass is 536 g/mol. The van der Waals surface area contributed by atoms with E-state index in [4.69, 9.17) is 4.42 Å². The second-order valence-corrected chi connectivity index (χ2v) is 11.0. The number of sulfonamides is 1. The third kappa shape index (κ3) is 5.06. The lowest BCUT2D eigenvalue weighted by molar-refractivity contribution is -0.121. The smallest absolute Gasteiger partial charge is 0.322 e. The summed E-state index contributed by atoms with van der Waals surface area (Å²) >= 11 is 4.93. The molecular formula is C21H21BrN4O4S2. The molecule has 1 aliphatic heterocycles. The number of aromatic nitrogens is 2. The van der Waals surface area contributed by atoms with E-state index in [0.29, 0.717) is 18.7 Å². The van der Waals surface area contributed by atoms with Gasteiger partial charge in [0, 0.05) is 33.9 Å². The van der Waals surface area contributed by atoms with E-state index < -0.39 is 10.0 Å². The molecule has 0 bridgehead atoms. The Kier molecular flexibility index (Phi) is 6.99. The topological polar surface area (TPSA) is 105 Å². The van der Waals surface area contributed by atoms with Gasteiger partial charge in [-0.15, -0.1) is 16.9 Å². The van der Waals surface area contributed by atoms with Crippen LogP contribution in [0.5, 0.6) is 0 Å². The molecule has 1 aliphatic rings. The maximum absolute atomic E-state index is 12.9. The number of benzene rings is 2. The van der Waals surface area contributed by atoms with E-state index in [2.05, 4.69) is 31.4 Å². The molecule has 0 radical (unpaired) electrons. The van der Waals surface area contributed by atoms with Gasteiger partial charge in [0.15, 0.2) is 0 Å². The lowest BCUT2D eigenvalue weighted by atomic mass is 9.97. The van der Waals surface area contributed by atoms with Crippen molar-refractivity contribution in [2.24, 2.45) is 5.92 Å². The van der Waals surface area contributed by atoms with Crippen LogP contribution in [-0.4, -0.2) is 48.2 Å². The van der Waals surface area contributed by atoms with Crippen molar-refractivity contribution in [2.75, 3.05) is 24.7 Å². The zero-order valence-corrected chi connectivity index (χ0v) is 20.4. The molecule has 1 saturated heterocycles. The lowest BCUT2D eigenvalue weighted by Gasteiger charge is -2.30. The van der Waals surface area contributed by atoms with Crippen LogP contribution in [0.1, 0.15) is 12.8 Å². The highest BCUT2D eigenvalue weighted by molar-refractivity contribution is 9.10. The molecule has 0 atom stereocenters. The molecule has 1 fully saturated rings. The minimum absolute atomic E-state index is 0.0249. The summed E-state index contributed by atoms with van der Waals surface area (Å²) in [6.07, 6.45) is 2.78. The van der Waals surface area contributed by atoms with E-state index >= 15 is 0 Å². The van der Waals surface area contributed by atoms with Gasteiger partial charge in [0.25, 0.3) is 0 Å². The zero-order valence-electron chi connectivity index (χ0n) is 17.2. The van der Waals surface area contributed by atoms with Crippen LogP contribution in [0.15, 0.2) is 67.2 Å². The quantitative estimate of drug-likeness (QED) is 0.469. The predicted octanol–water partition coefficient (Wildman–Crippen LogP) is 4.26.